The maximum atomic E-state index is 7.20. The molecule has 1 aliphatic rings. The summed E-state index contributed by atoms with van der Waals surface area (Å²) in [6.45, 7) is 0. The summed E-state index contributed by atoms with van der Waals surface area (Å²) in [5.41, 5.74) is 0.731. The van der Waals surface area contributed by atoms with E-state index < -0.39 is 0 Å². The number of hydrogen-bond donors (Lipinski definition) is 1. The maximum Gasteiger partial charge on any atom is 0.0317 e. The molecule has 1 N–H and O–H groups in total. The third-order valence-electron chi connectivity index (χ3n) is 1.12. The first-order valence-corrected chi connectivity index (χ1v) is 2.80. The lowest BCUT2D eigenvalue weighted by molar-refractivity contribution is 1.09. The van der Waals surface area contributed by atoms with Gasteiger partial charge in [0.2, 0.25) is 0 Å². The van der Waals surface area contributed by atoms with Gasteiger partial charge in [0.15, 0.2) is 0 Å². The molecule has 0 spiro atoms. The molecule has 0 saturated carbocycles. The molecule has 0 aromatic rings. The number of hydrogen-bond acceptors (Lipinski definition) is 1. The molecule has 0 unspecified atom stereocenters. The molecule has 42 valence electrons. The summed E-state index contributed by atoms with van der Waals surface area (Å²) in [6, 6.07) is 0. The van der Waals surface area contributed by atoms with Crippen molar-refractivity contribution in [3.8, 4) is 0 Å². The van der Waals surface area contributed by atoms with E-state index in [1.165, 1.54) is 0 Å². The Balaban J connectivity index is 2.58. The van der Waals surface area contributed by atoms with Gasteiger partial charge >= 0.3 is 0 Å². The highest BCUT2D eigenvalue weighted by Crippen LogP contribution is 1.98. The van der Waals surface area contributed by atoms with Crippen molar-refractivity contribution in [1.29, 1.82) is 5.41 Å². The molecule has 0 saturated heterocycles. The van der Waals surface area contributed by atoms with Crippen molar-refractivity contribution in [3.63, 3.8) is 0 Å². The fourth-order valence-corrected chi connectivity index (χ4v) is 0.669. The Hall–Kier alpha value is -0.850. The van der Waals surface area contributed by atoms with Crippen LogP contribution >= 0.6 is 0 Å². The van der Waals surface area contributed by atoms with E-state index in [0.29, 0.717) is 0 Å². The van der Waals surface area contributed by atoms with E-state index in [-0.39, 0.29) is 0 Å². The van der Waals surface area contributed by atoms with Crippen molar-refractivity contribution in [2.75, 3.05) is 0 Å². The van der Waals surface area contributed by atoms with Gasteiger partial charge in [-0.1, -0.05) is 18.2 Å². The molecule has 0 aromatic carbocycles. The SMILES string of the molecule is N=C1C=CC=CCC1. The van der Waals surface area contributed by atoms with E-state index in [4.69, 9.17) is 5.41 Å². The minimum absolute atomic E-state index is 0.731. The molecule has 0 atom stereocenters. The predicted molar refractivity (Wildman–Crippen MR) is 35.2 cm³/mol. The summed E-state index contributed by atoms with van der Waals surface area (Å²) in [6.07, 6.45) is 9.73. The Morgan fingerprint density at radius 1 is 1.38 bits per heavy atom. The van der Waals surface area contributed by atoms with Crippen LogP contribution in [0.4, 0.5) is 0 Å². The Morgan fingerprint density at radius 3 is 3.12 bits per heavy atom. The second-order valence-electron chi connectivity index (χ2n) is 1.85. The van der Waals surface area contributed by atoms with Crippen molar-refractivity contribution >= 4 is 5.71 Å². The Bertz CT molecular complexity index is 142. The van der Waals surface area contributed by atoms with Crippen LogP contribution in [0.2, 0.25) is 0 Å². The molecule has 8 heavy (non-hydrogen) atoms. The topological polar surface area (TPSA) is 23.9 Å². The van der Waals surface area contributed by atoms with Gasteiger partial charge in [-0.05, 0) is 18.9 Å². The van der Waals surface area contributed by atoms with Crippen LogP contribution in [-0.2, 0) is 0 Å². The molecule has 1 aliphatic carbocycles. The van der Waals surface area contributed by atoms with Gasteiger partial charge in [0.1, 0.15) is 0 Å². The average Bonchev–Trinajstić information content (AvgIpc) is 1.94. The molecule has 0 bridgehead atoms. The molecule has 0 amide bonds. The highest BCUT2D eigenvalue weighted by atomic mass is 14.4. The van der Waals surface area contributed by atoms with E-state index in [1.54, 1.807) is 0 Å². The molecule has 0 heterocycles. The molecule has 0 radical (unpaired) electrons. The molecule has 0 fully saturated rings. The average molecular weight is 107 g/mol. The third-order valence-corrected chi connectivity index (χ3v) is 1.12. The van der Waals surface area contributed by atoms with Crippen LogP contribution in [0.5, 0.6) is 0 Å². The molecule has 1 nitrogen and oxygen atoms in total. The first kappa shape index (κ1) is 5.29. The Labute approximate surface area is 49.2 Å². The van der Waals surface area contributed by atoms with E-state index >= 15 is 0 Å². The van der Waals surface area contributed by atoms with Crippen molar-refractivity contribution in [3.05, 3.63) is 24.3 Å². The summed E-state index contributed by atoms with van der Waals surface area (Å²) in [4.78, 5) is 0. The normalized spacial score (nSPS) is 18.8. The van der Waals surface area contributed by atoms with Crippen LogP contribution in [0, 0.1) is 5.41 Å². The van der Waals surface area contributed by atoms with Gasteiger partial charge in [0.05, 0.1) is 0 Å². The van der Waals surface area contributed by atoms with Crippen molar-refractivity contribution < 1.29 is 0 Å². The third kappa shape index (κ3) is 1.34. The van der Waals surface area contributed by atoms with Crippen LogP contribution in [0.3, 0.4) is 0 Å². The molecule has 0 aliphatic heterocycles. The summed E-state index contributed by atoms with van der Waals surface area (Å²) in [5, 5.41) is 7.20. The summed E-state index contributed by atoms with van der Waals surface area (Å²) >= 11 is 0. The van der Waals surface area contributed by atoms with Gasteiger partial charge in [-0.2, -0.15) is 0 Å². The predicted octanol–water partition coefficient (Wildman–Crippen LogP) is 1.91. The zero-order valence-corrected chi connectivity index (χ0v) is 4.72. The lowest BCUT2D eigenvalue weighted by Crippen LogP contribution is -1.85. The quantitative estimate of drug-likeness (QED) is 0.489. The molecular weight excluding hydrogens is 98.1 g/mol. The smallest absolute Gasteiger partial charge is 0.0317 e. The van der Waals surface area contributed by atoms with E-state index in [0.717, 1.165) is 18.6 Å². The van der Waals surface area contributed by atoms with Gasteiger partial charge in [-0.25, -0.2) is 0 Å². The standard InChI is InChI=1S/C7H9N/c8-7-5-3-1-2-4-6-7/h1-3,5,8H,4,6H2. The summed E-state index contributed by atoms with van der Waals surface area (Å²) in [5.74, 6) is 0. The van der Waals surface area contributed by atoms with Crippen LogP contribution in [0.15, 0.2) is 24.3 Å². The second-order valence-corrected chi connectivity index (χ2v) is 1.85. The van der Waals surface area contributed by atoms with E-state index in [1.807, 2.05) is 18.2 Å². The van der Waals surface area contributed by atoms with E-state index in [9.17, 15) is 0 Å². The maximum absolute atomic E-state index is 7.20. The second kappa shape index (κ2) is 2.46. The van der Waals surface area contributed by atoms with Crippen LogP contribution in [0.25, 0.3) is 0 Å². The summed E-state index contributed by atoms with van der Waals surface area (Å²) < 4.78 is 0. The number of rotatable bonds is 0. The van der Waals surface area contributed by atoms with Crippen LogP contribution in [0.1, 0.15) is 12.8 Å². The number of nitrogens with one attached hydrogen (secondary N) is 1. The Morgan fingerprint density at radius 2 is 2.25 bits per heavy atom. The summed E-state index contributed by atoms with van der Waals surface area (Å²) in [7, 11) is 0. The first-order chi connectivity index (χ1) is 3.89. The molecule has 1 heteroatoms. The lowest BCUT2D eigenvalue weighted by Gasteiger charge is -1.87. The minimum atomic E-state index is 0.731. The fourth-order valence-electron chi connectivity index (χ4n) is 0.669. The van der Waals surface area contributed by atoms with Crippen LogP contribution < -0.4 is 0 Å². The van der Waals surface area contributed by atoms with Gasteiger partial charge < -0.3 is 5.41 Å². The zero-order valence-electron chi connectivity index (χ0n) is 4.72. The first-order valence-electron chi connectivity index (χ1n) is 2.80. The van der Waals surface area contributed by atoms with Crippen LogP contribution in [-0.4, -0.2) is 5.71 Å². The van der Waals surface area contributed by atoms with E-state index in [2.05, 4.69) is 6.08 Å². The number of allylic oxidation sites excluding steroid dienone is 4. The lowest BCUT2D eigenvalue weighted by atomic mass is 10.2. The monoisotopic (exact) mass is 107 g/mol. The minimum Gasteiger partial charge on any atom is -0.305 e. The Kier molecular flexibility index (Phi) is 1.62. The van der Waals surface area contributed by atoms with Crippen molar-refractivity contribution in [2.45, 2.75) is 12.8 Å². The van der Waals surface area contributed by atoms with Crippen molar-refractivity contribution in [2.24, 2.45) is 0 Å². The molecule has 0 aromatic heterocycles. The molecule has 1 rings (SSSR count). The van der Waals surface area contributed by atoms with Gasteiger partial charge in [0, 0.05) is 5.71 Å². The molecular formula is C7H9N. The largest absolute Gasteiger partial charge is 0.305 e. The highest BCUT2D eigenvalue weighted by Gasteiger charge is 1.89. The zero-order chi connectivity index (χ0) is 5.82. The van der Waals surface area contributed by atoms with Gasteiger partial charge in [-0.15, -0.1) is 0 Å². The van der Waals surface area contributed by atoms with Gasteiger partial charge in [0.25, 0.3) is 0 Å². The highest BCUT2D eigenvalue weighted by molar-refractivity contribution is 5.92. The van der Waals surface area contributed by atoms with Crippen molar-refractivity contribution in [1.82, 2.24) is 0 Å². The van der Waals surface area contributed by atoms with Gasteiger partial charge in [-0.3, -0.25) is 0 Å². The fraction of sp³-hybridized carbons (Fsp3) is 0.286.